The van der Waals surface area contributed by atoms with Gasteiger partial charge in [-0.15, -0.1) is 0 Å². The zero-order valence-corrected chi connectivity index (χ0v) is 9.39. The van der Waals surface area contributed by atoms with Crippen molar-refractivity contribution >= 4 is 5.82 Å². The van der Waals surface area contributed by atoms with Crippen molar-refractivity contribution < 1.29 is 5.11 Å². The Hall–Kier alpha value is -1.36. The van der Waals surface area contributed by atoms with Gasteiger partial charge in [-0.25, -0.2) is 4.98 Å². The molecule has 0 spiro atoms. The maximum atomic E-state index is 11.7. The van der Waals surface area contributed by atoms with E-state index in [-0.39, 0.29) is 17.7 Å². The first-order valence-electron chi connectivity index (χ1n) is 5.63. The van der Waals surface area contributed by atoms with E-state index in [0.717, 1.165) is 25.7 Å². The Morgan fingerprint density at radius 2 is 2.12 bits per heavy atom. The lowest BCUT2D eigenvalue weighted by Crippen LogP contribution is -2.32. The standard InChI is InChI=1S/C11H17N3O2/c1-14-7-6-12-10(11(14)16)13-8-2-4-9(15)5-3-8/h6-9,15H,2-5H2,1H3,(H,12,13). The van der Waals surface area contributed by atoms with Crippen molar-refractivity contribution in [2.24, 2.45) is 7.05 Å². The van der Waals surface area contributed by atoms with Crippen LogP contribution in [0.5, 0.6) is 0 Å². The van der Waals surface area contributed by atoms with Gasteiger partial charge in [-0.05, 0) is 25.7 Å². The monoisotopic (exact) mass is 223 g/mol. The Balaban J connectivity index is 2.04. The highest BCUT2D eigenvalue weighted by Gasteiger charge is 2.20. The summed E-state index contributed by atoms with van der Waals surface area (Å²) in [5.74, 6) is 0.409. The van der Waals surface area contributed by atoms with Crippen molar-refractivity contribution in [3.8, 4) is 0 Å². The lowest BCUT2D eigenvalue weighted by molar-refractivity contribution is 0.126. The first-order chi connectivity index (χ1) is 7.66. The largest absolute Gasteiger partial charge is 0.393 e. The van der Waals surface area contributed by atoms with Crippen LogP contribution in [0.15, 0.2) is 17.2 Å². The van der Waals surface area contributed by atoms with E-state index < -0.39 is 0 Å². The normalized spacial score (nSPS) is 25.4. The molecule has 1 fully saturated rings. The Morgan fingerprint density at radius 3 is 2.81 bits per heavy atom. The number of nitrogens with one attached hydrogen (secondary N) is 1. The molecule has 1 aromatic heterocycles. The molecule has 5 heteroatoms. The van der Waals surface area contributed by atoms with Crippen molar-refractivity contribution in [2.75, 3.05) is 5.32 Å². The maximum Gasteiger partial charge on any atom is 0.293 e. The Kier molecular flexibility index (Phi) is 3.24. The third-order valence-electron chi connectivity index (χ3n) is 3.05. The van der Waals surface area contributed by atoms with Crippen molar-refractivity contribution in [1.82, 2.24) is 9.55 Å². The number of aromatic nitrogens is 2. The van der Waals surface area contributed by atoms with Gasteiger partial charge in [-0.1, -0.05) is 0 Å². The fourth-order valence-corrected chi connectivity index (χ4v) is 2.01. The predicted molar refractivity (Wildman–Crippen MR) is 61.4 cm³/mol. The highest BCUT2D eigenvalue weighted by Crippen LogP contribution is 2.20. The molecule has 2 N–H and O–H groups in total. The number of hydrogen-bond acceptors (Lipinski definition) is 4. The molecule has 1 aromatic rings. The summed E-state index contributed by atoms with van der Waals surface area (Å²) in [7, 11) is 1.71. The molecular formula is C11H17N3O2. The minimum absolute atomic E-state index is 0.103. The highest BCUT2D eigenvalue weighted by atomic mass is 16.3. The number of rotatable bonds is 2. The summed E-state index contributed by atoms with van der Waals surface area (Å²) in [5.41, 5.74) is -0.103. The van der Waals surface area contributed by atoms with E-state index in [0.29, 0.717) is 5.82 Å². The SMILES string of the molecule is Cn1ccnc(NC2CCC(O)CC2)c1=O. The first kappa shape index (κ1) is 11.1. The molecule has 0 aromatic carbocycles. The average Bonchev–Trinajstić information content (AvgIpc) is 2.28. The van der Waals surface area contributed by atoms with E-state index in [2.05, 4.69) is 10.3 Å². The number of aryl methyl sites for hydroxylation is 1. The molecule has 1 saturated carbocycles. The zero-order chi connectivity index (χ0) is 11.5. The van der Waals surface area contributed by atoms with Crippen molar-refractivity contribution in [3.05, 3.63) is 22.7 Å². The first-order valence-corrected chi connectivity index (χ1v) is 5.63. The van der Waals surface area contributed by atoms with E-state index in [4.69, 9.17) is 0 Å². The molecule has 1 aliphatic carbocycles. The van der Waals surface area contributed by atoms with Gasteiger partial charge >= 0.3 is 0 Å². The fourth-order valence-electron chi connectivity index (χ4n) is 2.01. The van der Waals surface area contributed by atoms with Crippen LogP contribution < -0.4 is 10.9 Å². The van der Waals surface area contributed by atoms with E-state index in [1.807, 2.05) is 0 Å². The molecule has 0 atom stereocenters. The summed E-state index contributed by atoms with van der Waals surface area (Å²) < 4.78 is 1.51. The zero-order valence-electron chi connectivity index (χ0n) is 9.39. The van der Waals surface area contributed by atoms with Gasteiger partial charge in [0.15, 0.2) is 5.82 Å². The number of aliphatic hydroxyl groups is 1. The topological polar surface area (TPSA) is 67.2 Å². The number of anilines is 1. The van der Waals surface area contributed by atoms with Gasteiger partial charge in [0.1, 0.15) is 0 Å². The molecule has 0 amide bonds. The molecular weight excluding hydrogens is 206 g/mol. The van der Waals surface area contributed by atoms with Crippen LogP contribution in [0.3, 0.4) is 0 Å². The minimum Gasteiger partial charge on any atom is -0.393 e. The quantitative estimate of drug-likeness (QED) is 0.766. The van der Waals surface area contributed by atoms with Gasteiger partial charge in [-0.2, -0.15) is 0 Å². The van der Waals surface area contributed by atoms with Crippen LogP contribution in [0.25, 0.3) is 0 Å². The Bertz CT molecular complexity index is 408. The molecule has 0 radical (unpaired) electrons. The van der Waals surface area contributed by atoms with Gasteiger partial charge in [0, 0.05) is 25.5 Å². The molecule has 0 unspecified atom stereocenters. The van der Waals surface area contributed by atoms with E-state index >= 15 is 0 Å². The summed E-state index contributed by atoms with van der Waals surface area (Å²) in [6.45, 7) is 0. The molecule has 16 heavy (non-hydrogen) atoms. The lowest BCUT2D eigenvalue weighted by Gasteiger charge is -2.26. The molecule has 2 rings (SSSR count). The van der Waals surface area contributed by atoms with Gasteiger partial charge < -0.3 is 15.0 Å². The van der Waals surface area contributed by atoms with Crippen LogP contribution in [0, 0.1) is 0 Å². The molecule has 1 heterocycles. The summed E-state index contributed by atoms with van der Waals surface area (Å²) >= 11 is 0. The lowest BCUT2D eigenvalue weighted by atomic mass is 9.93. The average molecular weight is 223 g/mol. The van der Waals surface area contributed by atoms with Crippen LogP contribution >= 0.6 is 0 Å². The molecule has 1 aliphatic rings. The smallest absolute Gasteiger partial charge is 0.293 e. The van der Waals surface area contributed by atoms with Gasteiger partial charge in [-0.3, -0.25) is 4.79 Å². The van der Waals surface area contributed by atoms with Crippen LogP contribution in [-0.2, 0) is 7.05 Å². The van der Waals surface area contributed by atoms with Crippen molar-refractivity contribution in [1.29, 1.82) is 0 Å². The Morgan fingerprint density at radius 1 is 1.44 bits per heavy atom. The fraction of sp³-hybridized carbons (Fsp3) is 0.636. The number of aliphatic hydroxyl groups excluding tert-OH is 1. The van der Waals surface area contributed by atoms with E-state index in [9.17, 15) is 9.90 Å². The van der Waals surface area contributed by atoms with Crippen molar-refractivity contribution in [3.63, 3.8) is 0 Å². The minimum atomic E-state index is -0.176. The highest BCUT2D eigenvalue weighted by molar-refractivity contribution is 5.32. The van der Waals surface area contributed by atoms with Crippen LogP contribution in [0.1, 0.15) is 25.7 Å². The van der Waals surface area contributed by atoms with Gasteiger partial charge in [0.2, 0.25) is 0 Å². The third kappa shape index (κ3) is 2.41. The van der Waals surface area contributed by atoms with Gasteiger partial charge in [0.25, 0.3) is 5.56 Å². The summed E-state index contributed by atoms with van der Waals surface area (Å²) in [5, 5.41) is 12.5. The van der Waals surface area contributed by atoms with Gasteiger partial charge in [0.05, 0.1) is 6.10 Å². The van der Waals surface area contributed by atoms with Crippen molar-refractivity contribution in [2.45, 2.75) is 37.8 Å². The Labute approximate surface area is 94.1 Å². The van der Waals surface area contributed by atoms with E-state index in [1.54, 1.807) is 19.4 Å². The maximum absolute atomic E-state index is 11.7. The second kappa shape index (κ2) is 4.65. The van der Waals surface area contributed by atoms with Crippen LogP contribution in [0.4, 0.5) is 5.82 Å². The third-order valence-corrected chi connectivity index (χ3v) is 3.05. The number of nitrogens with zero attached hydrogens (tertiary/aromatic N) is 2. The summed E-state index contributed by atoms with van der Waals surface area (Å²) in [6.07, 6.45) is 6.45. The summed E-state index contributed by atoms with van der Waals surface area (Å²) in [4.78, 5) is 15.7. The summed E-state index contributed by atoms with van der Waals surface area (Å²) in [6, 6.07) is 0.256. The number of hydrogen-bond donors (Lipinski definition) is 2. The predicted octanol–water partition coefficient (Wildman–Crippen LogP) is 0.496. The van der Waals surface area contributed by atoms with E-state index in [1.165, 1.54) is 4.57 Å². The molecule has 88 valence electrons. The van der Waals surface area contributed by atoms with Crippen LogP contribution in [-0.4, -0.2) is 26.8 Å². The van der Waals surface area contributed by atoms with Crippen LogP contribution in [0.2, 0.25) is 0 Å². The molecule has 0 aliphatic heterocycles. The second-order valence-electron chi connectivity index (χ2n) is 4.34. The second-order valence-corrected chi connectivity index (χ2v) is 4.34. The molecule has 0 bridgehead atoms. The molecule has 5 nitrogen and oxygen atoms in total. The molecule has 0 saturated heterocycles.